The molecule has 4 aliphatic rings. The molecule has 0 N–H and O–H groups in total. The highest BCUT2D eigenvalue weighted by atomic mass is 16.7. The largest absolute Gasteiger partial charge is 0.454 e. The van der Waals surface area contributed by atoms with Crippen molar-refractivity contribution in [2.75, 3.05) is 46.2 Å². The zero-order valence-electron chi connectivity index (χ0n) is 24.4. The number of likely N-dealkylation sites (tertiary alicyclic amines) is 2. The van der Waals surface area contributed by atoms with Crippen molar-refractivity contribution in [2.24, 2.45) is 5.92 Å². The minimum Gasteiger partial charge on any atom is -0.454 e. The number of ether oxygens (including phenoxy) is 4. The number of fused-ring (bicyclic) bond motifs is 1. The third-order valence-electron chi connectivity index (χ3n) is 9.63. The SMILES string of the molecule is Cc1ccccc1C(=O)N1CCC(N2CCC(C3(c4ccc(Cc5ccc6c(c5)OCO6)cc4)OCCO3)CC2)CC1. The van der Waals surface area contributed by atoms with Crippen LogP contribution in [0.25, 0.3) is 0 Å². The summed E-state index contributed by atoms with van der Waals surface area (Å²) in [4.78, 5) is 17.8. The Bertz CT molecular complexity index is 1400. The number of carbonyl (C=O) groups is 1. The molecule has 3 fully saturated rings. The van der Waals surface area contributed by atoms with Gasteiger partial charge >= 0.3 is 0 Å². The molecule has 7 rings (SSSR count). The van der Waals surface area contributed by atoms with Crippen LogP contribution in [0.5, 0.6) is 11.5 Å². The number of hydrogen-bond acceptors (Lipinski definition) is 6. The van der Waals surface area contributed by atoms with Gasteiger partial charge in [-0.1, -0.05) is 48.5 Å². The maximum absolute atomic E-state index is 13.1. The van der Waals surface area contributed by atoms with Gasteiger partial charge in [-0.3, -0.25) is 4.79 Å². The summed E-state index contributed by atoms with van der Waals surface area (Å²) in [5.41, 5.74) is 5.45. The Morgan fingerprint density at radius 1 is 0.810 bits per heavy atom. The lowest BCUT2D eigenvalue weighted by molar-refractivity contribution is -0.215. The molecule has 7 heteroatoms. The molecule has 42 heavy (non-hydrogen) atoms. The normalized spacial score (nSPS) is 21.1. The van der Waals surface area contributed by atoms with Gasteiger partial charge in [-0.05, 0) is 87.0 Å². The van der Waals surface area contributed by atoms with E-state index in [1.54, 1.807) is 0 Å². The second kappa shape index (κ2) is 11.7. The monoisotopic (exact) mass is 568 g/mol. The molecule has 0 spiro atoms. The average molecular weight is 569 g/mol. The van der Waals surface area contributed by atoms with Crippen molar-refractivity contribution in [1.82, 2.24) is 9.80 Å². The van der Waals surface area contributed by atoms with E-state index in [0.29, 0.717) is 32.0 Å². The molecule has 0 aliphatic carbocycles. The molecule has 3 aromatic rings. The van der Waals surface area contributed by atoms with Crippen molar-refractivity contribution >= 4 is 5.91 Å². The fourth-order valence-corrected chi connectivity index (χ4v) is 7.27. The summed E-state index contributed by atoms with van der Waals surface area (Å²) in [5, 5.41) is 0. The van der Waals surface area contributed by atoms with Crippen LogP contribution in [0.3, 0.4) is 0 Å². The lowest BCUT2D eigenvalue weighted by Crippen LogP contribution is -2.51. The van der Waals surface area contributed by atoms with Gasteiger partial charge in [0.05, 0.1) is 13.2 Å². The van der Waals surface area contributed by atoms with Gasteiger partial charge in [-0.2, -0.15) is 0 Å². The first-order valence-corrected chi connectivity index (χ1v) is 15.4. The molecule has 0 bridgehead atoms. The van der Waals surface area contributed by atoms with Gasteiger partial charge < -0.3 is 28.7 Å². The number of aryl methyl sites for hydroxylation is 1. The second-order valence-electron chi connectivity index (χ2n) is 12.1. The Hall–Kier alpha value is -3.39. The predicted octanol–water partition coefficient (Wildman–Crippen LogP) is 5.53. The fourth-order valence-electron chi connectivity index (χ4n) is 7.27. The van der Waals surface area contributed by atoms with Crippen LogP contribution in [0.15, 0.2) is 66.7 Å². The zero-order chi connectivity index (χ0) is 28.5. The third kappa shape index (κ3) is 5.30. The lowest BCUT2D eigenvalue weighted by atomic mass is 9.82. The molecule has 4 aliphatic heterocycles. The van der Waals surface area contributed by atoms with Crippen LogP contribution in [0.4, 0.5) is 0 Å². The zero-order valence-corrected chi connectivity index (χ0v) is 24.4. The highest BCUT2D eigenvalue weighted by molar-refractivity contribution is 5.95. The van der Waals surface area contributed by atoms with Crippen LogP contribution in [-0.4, -0.2) is 67.9 Å². The number of amides is 1. The molecule has 0 unspecified atom stereocenters. The number of benzene rings is 3. The number of hydrogen-bond donors (Lipinski definition) is 0. The van der Waals surface area contributed by atoms with E-state index in [2.05, 4.69) is 41.3 Å². The van der Waals surface area contributed by atoms with E-state index in [0.717, 1.165) is 86.5 Å². The van der Waals surface area contributed by atoms with Gasteiger partial charge in [0.1, 0.15) is 0 Å². The number of carbonyl (C=O) groups excluding carboxylic acids is 1. The molecule has 0 saturated carbocycles. The Labute approximate surface area is 248 Å². The van der Waals surface area contributed by atoms with E-state index in [-0.39, 0.29) is 5.91 Å². The van der Waals surface area contributed by atoms with Crippen molar-refractivity contribution in [1.29, 1.82) is 0 Å². The molecule has 220 valence electrons. The summed E-state index contributed by atoms with van der Waals surface area (Å²) in [5.74, 6) is 1.47. The van der Waals surface area contributed by atoms with Gasteiger partial charge in [0, 0.05) is 36.2 Å². The molecule has 0 atom stereocenters. The smallest absolute Gasteiger partial charge is 0.254 e. The molecule has 3 aromatic carbocycles. The van der Waals surface area contributed by atoms with E-state index in [4.69, 9.17) is 18.9 Å². The van der Waals surface area contributed by atoms with Crippen molar-refractivity contribution < 1.29 is 23.7 Å². The van der Waals surface area contributed by atoms with Crippen LogP contribution >= 0.6 is 0 Å². The van der Waals surface area contributed by atoms with E-state index < -0.39 is 5.79 Å². The standard InChI is InChI=1S/C35H40N2O5/c1-25-4-2-3-5-31(25)34(38)37-18-14-30(15-19-37)36-16-12-29(13-17-36)35(41-20-21-42-35)28-9-6-26(7-10-28)22-27-8-11-32-33(23-27)40-24-39-32/h2-11,23,29-30H,12-22,24H2,1H3. The minimum absolute atomic E-state index is 0.171. The highest BCUT2D eigenvalue weighted by Gasteiger charge is 2.47. The summed E-state index contributed by atoms with van der Waals surface area (Å²) in [7, 11) is 0. The van der Waals surface area contributed by atoms with Gasteiger partial charge in [0.2, 0.25) is 6.79 Å². The minimum atomic E-state index is -0.660. The molecule has 0 radical (unpaired) electrons. The highest BCUT2D eigenvalue weighted by Crippen LogP contribution is 2.44. The first-order chi connectivity index (χ1) is 20.6. The lowest BCUT2D eigenvalue weighted by Gasteiger charge is -2.45. The van der Waals surface area contributed by atoms with Gasteiger partial charge in [-0.25, -0.2) is 0 Å². The summed E-state index contributed by atoms with van der Waals surface area (Å²) < 4.78 is 23.9. The van der Waals surface area contributed by atoms with Crippen molar-refractivity contribution in [3.63, 3.8) is 0 Å². The quantitative estimate of drug-likeness (QED) is 0.390. The number of piperidine rings is 2. The molecule has 3 saturated heterocycles. The number of nitrogens with zero attached hydrogens (tertiary/aromatic N) is 2. The Morgan fingerprint density at radius 3 is 2.24 bits per heavy atom. The van der Waals surface area contributed by atoms with E-state index >= 15 is 0 Å². The average Bonchev–Trinajstić information content (AvgIpc) is 3.72. The Morgan fingerprint density at radius 2 is 1.50 bits per heavy atom. The summed E-state index contributed by atoms with van der Waals surface area (Å²) in [6, 6.07) is 23.4. The van der Waals surface area contributed by atoms with Crippen LogP contribution in [0.1, 0.15) is 58.3 Å². The molecule has 1 amide bonds. The van der Waals surface area contributed by atoms with Crippen LogP contribution < -0.4 is 9.47 Å². The molecule has 4 heterocycles. The summed E-state index contributed by atoms with van der Waals surface area (Å²) in [6.07, 6.45) is 4.98. The van der Waals surface area contributed by atoms with Crippen LogP contribution in [-0.2, 0) is 21.7 Å². The Kier molecular flexibility index (Phi) is 7.65. The molecular weight excluding hydrogens is 528 g/mol. The maximum atomic E-state index is 13.1. The van der Waals surface area contributed by atoms with E-state index in [1.807, 2.05) is 42.2 Å². The Balaban J connectivity index is 0.958. The van der Waals surface area contributed by atoms with Crippen LogP contribution in [0.2, 0.25) is 0 Å². The van der Waals surface area contributed by atoms with Crippen molar-refractivity contribution in [2.45, 2.75) is 50.9 Å². The van der Waals surface area contributed by atoms with Crippen LogP contribution in [0, 0.1) is 12.8 Å². The first kappa shape index (κ1) is 27.4. The van der Waals surface area contributed by atoms with Crippen molar-refractivity contribution in [3.8, 4) is 11.5 Å². The van der Waals surface area contributed by atoms with Crippen molar-refractivity contribution in [3.05, 3.63) is 94.5 Å². The molecular formula is C35H40N2O5. The topological polar surface area (TPSA) is 60.5 Å². The van der Waals surface area contributed by atoms with Gasteiger partial charge in [0.15, 0.2) is 17.3 Å². The maximum Gasteiger partial charge on any atom is 0.254 e. The predicted molar refractivity (Wildman–Crippen MR) is 160 cm³/mol. The first-order valence-electron chi connectivity index (χ1n) is 15.4. The molecule has 0 aromatic heterocycles. The van der Waals surface area contributed by atoms with Gasteiger partial charge in [-0.15, -0.1) is 0 Å². The van der Waals surface area contributed by atoms with Gasteiger partial charge in [0.25, 0.3) is 5.91 Å². The number of rotatable bonds is 6. The summed E-state index contributed by atoms with van der Waals surface area (Å²) >= 11 is 0. The summed E-state index contributed by atoms with van der Waals surface area (Å²) in [6.45, 7) is 7.31. The second-order valence-corrected chi connectivity index (χ2v) is 12.1. The molecule has 7 nitrogen and oxygen atoms in total. The van der Waals surface area contributed by atoms with E-state index in [1.165, 1.54) is 11.1 Å². The van der Waals surface area contributed by atoms with E-state index in [9.17, 15) is 4.79 Å². The fraction of sp³-hybridized carbons (Fsp3) is 0.457. The third-order valence-corrected chi connectivity index (χ3v) is 9.63.